The highest BCUT2D eigenvalue weighted by Gasteiger charge is 2.41. The molecule has 0 aromatic heterocycles. The van der Waals surface area contributed by atoms with Crippen molar-refractivity contribution in [2.75, 3.05) is 20.5 Å². The highest BCUT2D eigenvalue weighted by Crippen LogP contribution is 2.37. The number of hydrogen-bond acceptors (Lipinski definition) is 7. The lowest BCUT2D eigenvalue weighted by Crippen LogP contribution is -2.49. The van der Waals surface area contributed by atoms with Gasteiger partial charge in [-0.1, -0.05) is 74.9 Å². The smallest absolute Gasteiger partial charge is 0.297 e. The van der Waals surface area contributed by atoms with Crippen LogP contribution >= 0.6 is 0 Å². The Morgan fingerprint density at radius 1 is 0.974 bits per heavy atom. The molecule has 212 valence electrons. The van der Waals surface area contributed by atoms with Gasteiger partial charge in [0, 0.05) is 7.11 Å². The minimum atomic E-state index is -4.13. The maximum absolute atomic E-state index is 13.4. The standard InChI is InChI=1S/C29H44O7SSi/c1-9-13-26(34-22-32-6)28(33-20-24-14-11-10-12-15-24)27(21-35-38(7,8)29(3,4)5)36-37(30,31)25-18-16-23(2)17-19-25/h9-12,14-19,26-28H,1,13,20-22H2,2-8H3/t26-,27+,28-/m1/s1. The van der Waals surface area contributed by atoms with Gasteiger partial charge >= 0.3 is 0 Å². The summed E-state index contributed by atoms with van der Waals surface area (Å²) in [6.45, 7) is 16.6. The van der Waals surface area contributed by atoms with Crippen LogP contribution in [0.1, 0.15) is 38.3 Å². The van der Waals surface area contributed by atoms with Gasteiger partial charge in [0.2, 0.25) is 0 Å². The van der Waals surface area contributed by atoms with Crippen molar-refractivity contribution in [1.82, 2.24) is 0 Å². The Kier molecular flexibility index (Phi) is 12.4. The van der Waals surface area contributed by atoms with Crippen LogP contribution in [0.15, 0.2) is 72.1 Å². The van der Waals surface area contributed by atoms with Gasteiger partial charge in [-0.25, -0.2) is 0 Å². The van der Waals surface area contributed by atoms with E-state index in [-0.39, 0.29) is 29.9 Å². The van der Waals surface area contributed by atoms with Gasteiger partial charge in [-0.15, -0.1) is 6.58 Å². The minimum Gasteiger partial charge on any atom is -0.414 e. The fourth-order valence-electron chi connectivity index (χ4n) is 3.45. The molecule has 7 nitrogen and oxygen atoms in total. The highest BCUT2D eigenvalue weighted by atomic mass is 32.2. The van der Waals surface area contributed by atoms with Crippen molar-refractivity contribution >= 4 is 18.4 Å². The van der Waals surface area contributed by atoms with Crippen LogP contribution in [0.4, 0.5) is 0 Å². The molecule has 3 atom stereocenters. The van der Waals surface area contributed by atoms with E-state index in [0.717, 1.165) is 11.1 Å². The van der Waals surface area contributed by atoms with Crippen LogP contribution in [-0.4, -0.2) is 55.6 Å². The third-order valence-electron chi connectivity index (χ3n) is 6.79. The van der Waals surface area contributed by atoms with Gasteiger partial charge in [0.15, 0.2) is 8.32 Å². The second kappa shape index (κ2) is 14.5. The Morgan fingerprint density at radius 3 is 2.16 bits per heavy atom. The van der Waals surface area contributed by atoms with Crippen molar-refractivity contribution in [2.24, 2.45) is 0 Å². The van der Waals surface area contributed by atoms with Crippen LogP contribution in [0.5, 0.6) is 0 Å². The van der Waals surface area contributed by atoms with E-state index in [9.17, 15) is 8.42 Å². The quantitative estimate of drug-likeness (QED) is 0.103. The van der Waals surface area contributed by atoms with Crippen LogP contribution < -0.4 is 0 Å². The van der Waals surface area contributed by atoms with Crippen LogP contribution in [0.2, 0.25) is 18.1 Å². The summed E-state index contributed by atoms with van der Waals surface area (Å²) in [6.07, 6.45) is -0.265. The summed E-state index contributed by atoms with van der Waals surface area (Å²) < 4.78 is 56.8. The molecule has 0 saturated heterocycles. The van der Waals surface area contributed by atoms with E-state index in [1.807, 2.05) is 37.3 Å². The average molecular weight is 565 g/mol. The molecule has 0 saturated carbocycles. The van der Waals surface area contributed by atoms with Crippen LogP contribution in [0.25, 0.3) is 0 Å². The molecular formula is C29H44O7SSi. The fourth-order valence-corrected chi connectivity index (χ4v) is 5.53. The second-order valence-corrected chi connectivity index (χ2v) is 17.3. The maximum atomic E-state index is 13.4. The zero-order chi connectivity index (χ0) is 28.4. The minimum absolute atomic E-state index is 0.00419. The SMILES string of the molecule is C=CC[C@@H](OCOC)[C@@H](OCc1ccccc1)[C@H](CO[Si](C)(C)C(C)(C)C)OS(=O)(=O)c1ccc(C)cc1. The van der Waals surface area contributed by atoms with Gasteiger partial charge in [-0.3, -0.25) is 4.18 Å². The largest absolute Gasteiger partial charge is 0.414 e. The van der Waals surface area contributed by atoms with Gasteiger partial charge in [0.05, 0.1) is 24.2 Å². The summed E-state index contributed by atoms with van der Waals surface area (Å²) in [6, 6.07) is 16.2. The zero-order valence-corrected chi connectivity index (χ0v) is 25.6. The van der Waals surface area contributed by atoms with E-state index >= 15 is 0 Å². The van der Waals surface area contributed by atoms with Gasteiger partial charge in [-0.05, 0) is 49.2 Å². The van der Waals surface area contributed by atoms with Gasteiger partial charge in [-0.2, -0.15) is 8.42 Å². The predicted octanol–water partition coefficient (Wildman–Crippen LogP) is 6.24. The third-order valence-corrected chi connectivity index (χ3v) is 12.6. The third kappa shape index (κ3) is 9.71. The lowest BCUT2D eigenvalue weighted by atomic mass is 10.0. The van der Waals surface area contributed by atoms with Crippen LogP contribution in [0.3, 0.4) is 0 Å². The molecule has 2 aromatic carbocycles. The Hall–Kier alpha value is -1.85. The first kappa shape index (κ1) is 32.4. The van der Waals surface area contributed by atoms with Gasteiger partial charge < -0.3 is 18.6 Å². The Morgan fingerprint density at radius 2 is 1.61 bits per heavy atom. The molecule has 2 aromatic rings. The monoisotopic (exact) mass is 564 g/mol. The highest BCUT2D eigenvalue weighted by molar-refractivity contribution is 7.86. The van der Waals surface area contributed by atoms with Crippen molar-refractivity contribution in [2.45, 2.75) is 82.1 Å². The molecule has 0 radical (unpaired) electrons. The number of benzene rings is 2. The van der Waals surface area contributed by atoms with E-state index < -0.39 is 36.7 Å². The Labute approximate surface area is 230 Å². The zero-order valence-electron chi connectivity index (χ0n) is 23.8. The van der Waals surface area contributed by atoms with Crippen LogP contribution in [0, 0.1) is 6.92 Å². The molecule has 2 rings (SSSR count). The van der Waals surface area contributed by atoms with Crippen molar-refractivity contribution < 1.29 is 31.2 Å². The van der Waals surface area contributed by atoms with Crippen molar-refractivity contribution in [3.05, 3.63) is 78.4 Å². The summed E-state index contributed by atoms with van der Waals surface area (Å²) in [7, 11) is -4.86. The van der Waals surface area contributed by atoms with Crippen molar-refractivity contribution in [3.63, 3.8) is 0 Å². The molecular weight excluding hydrogens is 520 g/mol. The Balaban J connectivity index is 2.48. The molecule has 0 aliphatic heterocycles. The summed E-state index contributed by atoms with van der Waals surface area (Å²) in [5, 5.41) is -0.0825. The number of rotatable bonds is 16. The molecule has 0 amide bonds. The molecule has 0 spiro atoms. The first-order chi connectivity index (χ1) is 17.8. The molecule has 0 heterocycles. The molecule has 9 heteroatoms. The van der Waals surface area contributed by atoms with Gasteiger partial charge in [0.25, 0.3) is 10.1 Å². The molecule has 38 heavy (non-hydrogen) atoms. The lowest BCUT2D eigenvalue weighted by Gasteiger charge is -2.39. The number of aryl methyl sites for hydroxylation is 1. The summed E-state index contributed by atoms with van der Waals surface area (Å²) >= 11 is 0. The number of hydrogen-bond donors (Lipinski definition) is 0. The molecule has 0 N–H and O–H groups in total. The summed E-state index contributed by atoms with van der Waals surface area (Å²) in [5.74, 6) is 0. The first-order valence-electron chi connectivity index (χ1n) is 12.8. The average Bonchev–Trinajstić information content (AvgIpc) is 2.85. The normalized spacial score (nSPS) is 15.1. The van der Waals surface area contributed by atoms with Crippen molar-refractivity contribution in [1.29, 1.82) is 0 Å². The molecule has 0 fully saturated rings. The topological polar surface area (TPSA) is 80.3 Å². The van der Waals surface area contributed by atoms with E-state index in [4.69, 9.17) is 22.8 Å². The summed E-state index contributed by atoms with van der Waals surface area (Å²) in [4.78, 5) is 0.0697. The van der Waals surface area contributed by atoms with E-state index in [1.165, 1.54) is 7.11 Å². The van der Waals surface area contributed by atoms with Crippen LogP contribution in [-0.2, 0) is 39.5 Å². The lowest BCUT2D eigenvalue weighted by molar-refractivity contribution is -0.159. The van der Waals surface area contributed by atoms with Gasteiger partial charge in [0.1, 0.15) is 19.0 Å². The Bertz CT molecular complexity index is 1080. The summed E-state index contributed by atoms with van der Waals surface area (Å²) in [5.41, 5.74) is 1.89. The molecule has 0 aliphatic carbocycles. The fraction of sp³-hybridized carbons (Fsp3) is 0.517. The van der Waals surface area contributed by atoms with E-state index in [2.05, 4.69) is 40.4 Å². The second-order valence-electron chi connectivity index (χ2n) is 10.9. The number of methoxy groups -OCH3 is 1. The first-order valence-corrected chi connectivity index (χ1v) is 17.1. The molecule has 0 bridgehead atoms. The predicted molar refractivity (Wildman–Crippen MR) is 153 cm³/mol. The van der Waals surface area contributed by atoms with Crippen molar-refractivity contribution in [3.8, 4) is 0 Å². The number of ether oxygens (including phenoxy) is 3. The van der Waals surface area contributed by atoms with E-state index in [0.29, 0.717) is 6.42 Å². The van der Waals surface area contributed by atoms with E-state index in [1.54, 1.807) is 30.3 Å². The molecule has 0 unspecified atom stereocenters. The maximum Gasteiger partial charge on any atom is 0.297 e. The molecule has 0 aliphatic rings.